The van der Waals surface area contributed by atoms with Gasteiger partial charge in [0.25, 0.3) is 0 Å². The Hall–Kier alpha value is -1.95. The van der Waals surface area contributed by atoms with Gasteiger partial charge in [0.2, 0.25) is 0 Å². The Morgan fingerprint density at radius 2 is 2.05 bits per heavy atom. The van der Waals surface area contributed by atoms with Gasteiger partial charge in [-0.25, -0.2) is 4.79 Å². The molecule has 1 aromatic heterocycles. The van der Waals surface area contributed by atoms with E-state index in [0.717, 1.165) is 10.6 Å². The molecule has 0 saturated heterocycles. The number of hydrogen-bond acceptors (Lipinski definition) is 3. The number of nitrogens with zero attached hydrogens (tertiary/aromatic N) is 2. The van der Waals surface area contributed by atoms with Crippen LogP contribution < -0.4 is 5.69 Å². The highest BCUT2D eigenvalue weighted by Crippen LogP contribution is 2.25. The van der Waals surface area contributed by atoms with Crippen molar-refractivity contribution in [2.24, 2.45) is 7.05 Å². The fraction of sp³-hybridized carbons (Fsp3) is 0.231. The van der Waals surface area contributed by atoms with Crippen molar-refractivity contribution >= 4 is 17.7 Å². The highest BCUT2D eigenvalue weighted by atomic mass is 32.2. The number of aromatic nitrogens is 2. The second-order valence-electron chi connectivity index (χ2n) is 4.13. The van der Waals surface area contributed by atoms with Gasteiger partial charge >= 0.3 is 11.7 Å². The molecule has 2 rings (SSSR count). The largest absolute Gasteiger partial charge is 0.481 e. The number of hydrogen-bond donors (Lipinski definition) is 1. The third-order valence-corrected chi connectivity index (χ3v) is 3.86. The van der Waals surface area contributed by atoms with E-state index in [1.165, 1.54) is 11.8 Å². The smallest absolute Gasteiger partial charge is 0.332 e. The molecule has 1 heterocycles. The molecular formula is C13H14N2O3S. The lowest BCUT2D eigenvalue weighted by molar-refractivity contribution is -0.133. The summed E-state index contributed by atoms with van der Waals surface area (Å²) < 4.78 is 3.10. The predicted molar refractivity (Wildman–Crippen MR) is 74.1 cm³/mol. The Balaban J connectivity index is 2.47. The van der Waals surface area contributed by atoms with Crippen LogP contribution in [0.15, 0.2) is 40.2 Å². The van der Waals surface area contributed by atoms with Crippen molar-refractivity contribution in [3.8, 4) is 5.69 Å². The zero-order chi connectivity index (χ0) is 14.0. The first-order chi connectivity index (χ1) is 9.00. The van der Waals surface area contributed by atoms with Gasteiger partial charge in [-0.3, -0.25) is 13.9 Å². The first-order valence-corrected chi connectivity index (χ1v) is 6.68. The van der Waals surface area contributed by atoms with Crippen molar-refractivity contribution in [2.45, 2.75) is 11.8 Å². The molecule has 0 aliphatic rings. The monoisotopic (exact) mass is 278 g/mol. The fourth-order valence-electron chi connectivity index (χ4n) is 1.73. The standard InChI is InChI=1S/C13H14N2O3S/c1-9-7-15(13(18)14(9)2)10-5-3-4-6-11(10)19-8-12(16)17/h3-7H,8H2,1-2H3,(H,16,17). The number of carboxylic acid groups (broad SMARTS) is 1. The van der Waals surface area contributed by atoms with Crippen LogP contribution in [0.4, 0.5) is 0 Å². The third kappa shape index (κ3) is 2.73. The van der Waals surface area contributed by atoms with Crippen LogP contribution in [0, 0.1) is 6.92 Å². The zero-order valence-corrected chi connectivity index (χ0v) is 11.5. The van der Waals surface area contributed by atoms with E-state index in [4.69, 9.17) is 5.11 Å². The summed E-state index contributed by atoms with van der Waals surface area (Å²) >= 11 is 1.21. The van der Waals surface area contributed by atoms with E-state index >= 15 is 0 Å². The number of benzene rings is 1. The predicted octanol–water partition coefficient (Wildman–Crippen LogP) is 1.66. The van der Waals surface area contributed by atoms with Crippen LogP contribution in [-0.4, -0.2) is 26.0 Å². The average Bonchev–Trinajstić information content (AvgIpc) is 2.64. The van der Waals surface area contributed by atoms with E-state index in [1.807, 2.05) is 31.2 Å². The van der Waals surface area contributed by atoms with Gasteiger partial charge in [-0.05, 0) is 19.1 Å². The van der Waals surface area contributed by atoms with E-state index in [1.54, 1.807) is 22.4 Å². The van der Waals surface area contributed by atoms with Crippen LogP contribution in [0.5, 0.6) is 0 Å². The minimum atomic E-state index is -0.878. The molecule has 0 spiro atoms. The number of aliphatic carboxylic acids is 1. The lowest BCUT2D eigenvalue weighted by Crippen LogP contribution is -2.21. The Bertz CT molecular complexity index is 673. The Kier molecular flexibility index (Phi) is 3.80. The van der Waals surface area contributed by atoms with Crippen LogP contribution in [0.2, 0.25) is 0 Å². The molecule has 19 heavy (non-hydrogen) atoms. The summed E-state index contributed by atoms with van der Waals surface area (Å²) in [5, 5.41) is 8.75. The van der Waals surface area contributed by atoms with Gasteiger partial charge in [0.1, 0.15) is 0 Å². The molecule has 0 aliphatic carbocycles. The number of rotatable bonds is 4. The van der Waals surface area contributed by atoms with Crippen molar-refractivity contribution in [2.75, 3.05) is 5.75 Å². The van der Waals surface area contributed by atoms with Gasteiger partial charge in [0.15, 0.2) is 0 Å². The van der Waals surface area contributed by atoms with E-state index in [-0.39, 0.29) is 11.4 Å². The van der Waals surface area contributed by atoms with Crippen LogP contribution in [0.25, 0.3) is 5.69 Å². The molecule has 0 radical (unpaired) electrons. The van der Waals surface area contributed by atoms with Crippen molar-refractivity contribution in [1.29, 1.82) is 0 Å². The minimum Gasteiger partial charge on any atom is -0.481 e. The van der Waals surface area contributed by atoms with E-state index in [9.17, 15) is 9.59 Å². The molecule has 0 amide bonds. The first kappa shape index (κ1) is 13.5. The molecule has 5 nitrogen and oxygen atoms in total. The summed E-state index contributed by atoms with van der Waals surface area (Å²) in [5.74, 6) is -0.909. The number of carbonyl (C=O) groups is 1. The molecule has 0 saturated carbocycles. The summed E-state index contributed by atoms with van der Waals surface area (Å²) in [6.45, 7) is 1.85. The number of imidazole rings is 1. The zero-order valence-electron chi connectivity index (χ0n) is 10.7. The molecule has 1 aromatic carbocycles. The average molecular weight is 278 g/mol. The second-order valence-corrected chi connectivity index (χ2v) is 5.15. The third-order valence-electron chi connectivity index (χ3n) is 2.81. The van der Waals surface area contributed by atoms with Gasteiger partial charge < -0.3 is 5.11 Å². The Morgan fingerprint density at radius 3 is 2.63 bits per heavy atom. The van der Waals surface area contributed by atoms with Gasteiger partial charge in [-0.15, -0.1) is 11.8 Å². The second kappa shape index (κ2) is 5.36. The topological polar surface area (TPSA) is 64.2 Å². The van der Waals surface area contributed by atoms with Gasteiger partial charge in [-0.1, -0.05) is 12.1 Å². The van der Waals surface area contributed by atoms with Crippen molar-refractivity contribution in [3.63, 3.8) is 0 Å². The molecule has 2 aromatic rings. The molecule has 100 valence electrons. The molecular weight excluding hydrogens is 264 g/mol. The maximum absolute atomic E-state index is 12.1. The van der Waals surface area contributed by atoms with Crippen molar-refractivity contribution in [3.05, 3.63) is 46.6 Å². The SMILES string of the molecule is Cc1cn(-c2ccccc2SCC(=O)O)c(=O)n1C. The maximum atomic E-state index is 12.1. The van der Waals surface area contributed by atoms with Crippen LogP contribution >= 0.6 is 11.8 Å². The van der Waals surface area contributed by atoms with Gasteiger partial charge in [-0.2, -0.15) is 0 Å². The van der Waals surface area contributed by atoms with E-state index < -0.39 is 5.97 Å². The number of aryl methyl sites for hydroxylation is 1. The normalized spacial score (nSPS) is 10.6. The molecule has 6 heteroatoms. The molecule has 0 fully saturated rings. The summed E-state index contributed by atoms with van der Waals surface area (Å²) in [7, 11) is 1.71. The highest BCUT2D eigenvalue weighted by molar-refractivity contribution is 8.00. The van der Waals surface area contributed by atoms with E-state index in [2.05, 4.69) is 0 Å². The Labute approximate surface area is 114 Å². The van der Waals surface area contributed by atoms with Crippen molar-refractivity contribution < 1.29 is 9.90 Å². The quantitative estimate of drug-likeness (QED) is 0.864. The van der Waals surface area contributed by atoms with Gasteiger partial charge in [0.05, 0.1) is 11.4 Å². The molecule has 0 bridgehead atoms. The highest BCUT2D eigenvalue weighted by Gasteiger charge is 2.11. The number of carboxylic acids is 1. The summed E-state index contributed by atoms with van der Waals surface area (Å²) in [4.78, 5) is 23.5. The number of thioether (sulfide) groups is 1. The molecule has 0 aliphatic heterocycles. The van der Waals surface area contributed by atoms with Crippen LogP contribution in [0.1, 0.15) is 5.69 Å². The maximum Gasteiger partial charge on any atom is 0.332 e. The minimum absolute atomic E-state index is 0.0302. The summed E-state index contributed by atoms with van der Waals surface area (Å²) in [5.41, 5.74) is 1.42. The molecule has 1 N–H and O–H groups in total. The van der Waals surface area contributed by atoms with Crippen LogP contribution in [-0.2, 0) is 11.8 Å². The lowest BCUT2D eigenvalue weighted by Gasteiger charge is -2.07. The molecule has 0 unspecified atom stereocenters. The Morgan fingerprint density at radius 1 is 1.37 bits per heavy atom. The molecule has 0 atom stereocenters. The summed E-state index contributed by atoms with van der Waals surface area (Å²) in [6, 6.07) is 7.28. The van der Waals surface area contributed by atoms with Gasteiger partial charge in [0, 0.05) is 23.8 Å². The fourth-order valence-corrected chi connectivity index (χ4v) is 2.50. The van der Waals surface area contributed by atoms with E-state index in [0.29, 0.717) is 5.69 Å². The number of para-hydroxylation sites is 1. The van der Waals surface area contributed by atoms with Crippen LogP contribution in [0.3, 0.4) is 0 Å². The summed E-state index contributed by atoms with van der Waals surface area (Å²) in [6.07, 6.45) is 1.75. The lowest BCUT2D eigenvalue weighted by atomic mass is 10.3. The van der Waals surface area contributed by atoms with Crippen molar-refractivity contribution in [1.82, 2.24) is 9.13 Å². The first-order valence-electron chi connectivity index (χ1n) is 5.69.